The van der Waals surface area contributed by atoms with Gasteiger partial charge in [-0.3, -0.25) is 4.79 Å². The molecule has 3 heteroatoms. The Bertz CT molecular complexity index is 215. The van der Waals surface area contributed by atoms with Gasteiger partial charge >= 0.3 is 5.97 Å². The third-order valence-electron chi connectivity index (χ3n) is 2.18. The minimum absolute atomic E-state index is 0.0347. The molecule has 0 spiro atoms. The lowest BCUT2D eigenvalue weighted by molar-refractivity contribution is -0.159. The van der Waals surface area contributed by atoms with E-state index in [1.54, 1.807) is 6.92 Å². The molecule has 0 aliphatic carbocycles. The van der Waals surface area contributed by atoms with E-state index in [9.17, 15) is 9.59 Å². The van der Waals surface area contributed by atoms with Crippen molar-refractivity contribution in [1.82, 2.24) is 0 Å². The van der Waals surface area contributed by atoms with Crippen molar-refractivity contribution in [3.63, 3.8) is 0 Å². The molecule has 0 N–H and O–H groups in total. The van der Waals surface area contributed by atoms with E-state index in [0.717, 1.165) is 12.7 Å². The van der Waals surface area contributed by atoms with Crippen molar-refractivity contribution in [3.8, 4) is 0 Å². The third kappa shape index (κ3) is 6.26. The van der Waals surface area contributed by atoms with Crippen molar-refractivity contribution in [3.05, 3.63) is 0 Å². The Balaban J connectivity index is 4.15. The van der Waals surface area contributed by atoms with Crippen LogP contribution < -0.4 is 0 Å². The van der Waals surface area contributed by atoms with Gasteiger partial charge in [0.25, 0.3) is 0 Å². The zero-order valence-electron chi connectivity index (χ0n) is 10.4. The predicted octanol–water partition coefficient (Wildman–Crippen LogP) is 2.58. The van der Waals surface area contributed by atoms with Gasteiger partial charge in [-0.2, -0.15) is 0 Å². The van der Waals surface area contributed by atoms with E-state index < -0.39 is 5.60 Å². The standard InChI is InChI=1S/C12H22O3/c1-6-10(8-13)7-9(2)11(14)15-12(3,4)5/h8-10H,6-7H2,1-5H3. The molecule has 0 bridgehead atoms. The van der Waals surface area contributed by atoms with Gasteiger partial charge in [-0.05, 0) is 33.6 Å². The molecule has 0 amide bonds. The van der Waals surface area contributed by atoms with Crippen molar-refractivity contribution in [1.29, 1.82) is 0 Å². The zero-order valence-corrected chi connectivity index (χ0v) is 10.4. The normalized spacial score (nSPS) is 15.5. The molecule has 0 saturated carbocycles. The quantitative estimate of drug-likeness (QED) is 0.522. The average Bonchev–Trinajstić information content (AvgIpc) is 2.10. The van der Waals surface area contributed by atoms with Crippen molar-refractivity contribution < 1.29 is 14.3 Å². The van der Waals surface area contributed by atoms with Crippen molar-refractivity contribution in [2.24, 2.45) is 11.8 Å². The van der Waals surface area contributed by atoms with Gasteiger partial charge in [0.1, 0.15) is 11.9 Å². The minimum atomic E-state index is -0.450. The zero-order chi connectivity index (χ0) is 12.1. The summed E-state index contributed by atoms with van der Waals surface area (Å²) in [6.45, 7) is 9.28. The largest absolute Gasteiger partial charge is 0.460 e. The fraction of sp³-hybridized carbons (Fsp3) is 0.833. The lowest BCUT2D eigenvalue weighted by Gasteiger charge is -2.23. The average molecular weight is 214 g/mol. The summed E-state index contributed by atoms with van der Waals surface area (Å²) in [5.74, 6) is -0.463. The maximum absolute atomic E-state index is 11.6. The van der Waals surface area contributed by atoms with Gasteiger partial charge in [0.05, 0.1) is 5.92 Å². The summed E-state index contributed by atoms with van der Waals surface area (Å²) in [5.41, 5.74) is -0.450. The molecule has 0 fully saturated rings. The molecule has 0 aromatic carbocycles. The molecular weight excluding hydrogens is 192 g/mol. The molecule has 0 saturated heterocycles. The minimum Gasteiger partial charge on any atom is -0.460 e. The maximum atomic E-state index is 11.6. The van der Waals surface area contributed by atoms with Crippen LogP contribution in [0.15, 0.2) is 0 Å². The second-order valence-electron chi connectivity index (χ2n) is 4.97. The number of carbonyl (C=O) groups is 2. The van der Waals surface area contributed by atoms with E-state index in [2.05, 4.69) is 0 Å². The van der Waals surface area contributed by atoms with Crippen molar-refractivity contribution in [2.75, 3.05) is 0 Å². The molecule has 15 heavy (non-hydrogen) atoms. The molecule has 0 aliphatic rings. The lowest BCUT2D eigenvalue weighted by Crippen LogP contribution is -2.28. The number of aldehydes is 1. The highest BCUT2D eigenvalue weighted by Gasteiger charge is 2.23. The molecular formula is C12H22O3. The summed E-state index contributed by atoms with van der Waals surface area (Å²) in [4.78, 5) is 22.2. The Labute approximate surface area is 92.2 Å². The number of hydrogen-bond acceptors (Lipinski definition) is 3. The predicted molar refractivity (Wildman–Crippen MR) is 59.5 cm³/mol. The van der Waals surface area contributed by atoms with Gasteiger partial charge < -0.3 is 9.53 Å². The Morgan fingerprint density at radius 3 is 2.27 bits per heavy atom. The lowest BCUT2D eigenvalue weighted by atomic mass is 9.95. The van der Waals surface area contributed by atoms with Crippen LogP contribution in [0.5, 0.6) is 0 Å². The van der Waals surface area contributed by atoms with Gasteiger partial charge in [0.2, 0.25) is 0 Å². The van der Waals surface area contributed by atoms with Gasteiger partial charge in [-0.1, -0.05) is 13.8 Å². The molecule has 0 aliphatic heterocycles. The fourth-order valence-electron chi connectivity index (χ4n) is 1.27. The van der Waals surface area contributed by atoms with E-state index in [0.29, 0.717) is 6.42 Å². The van der Waals surface area contributed by atoms with Crippen LogP contribution >= 0.6 is 0 Å². The molecule has 0 heterocycles. The van der Waals surface area contributed by atoms with Crippen molar-refractivity contribution in [2.45, 2.75) is 53.1 Å². The van der Waals surface area contributed by atoms with Gasteiger partial charge in [-0.25, -0.2) is 0 Å². The molecule has 0 rings (SSSR count). The van der Waals surface area contributed by atoms with Crippen LogP contribution in [-0.2, 0) is 14.3 Å². The smallest absolute Gasteiger partial charge is 0.309 e. The first-order valence-electron chi connectivity index (χ1n) is 5.48. The molecule has 0 aromatic heterocycles. The van der Waals surface area contributed by atoms with E-state index in [-0.39, 0.29) is 17.8 Å². The number of carbonyl (C=O) groups excluding carboxylic acids is 2. The molecule has 2 unspecified atom stereocenters. The topological polar surface area (TPSA) is 43.4 Å². The Kier molecular flexibility index (Phi) is 5.55. The summed E-state index contributed by atoms with van der Waals surface area (Å²) < 4.78 is 5.23. The molecule has 3 nitrogen and oxygen atoms in total. The van der Waals surface area contributed by atoms with E-state index in [1.165, 1.54) is 0 Å². The van der Waals surface area contributed by atoms with Crippen LogP contribution in [0.4, 0.5) is 0 Å². The summed E-state index contributed by atoms with van der Waals surface area (Å²) in [7, 11) is 0. The summed E-state index contributed by atoms with van der Waals surface area (Å²) in [6, 6.07) is 0. The molecule has 88 valence electrons. The number of rotatable bonds is 5. The van der Waals surface area contributed by atoms with E-state index >= 15 is 0 Å². The first-order chi connectivity index (χ1) is 6.80. The monoisotopic (exact) mass is 214 g/mol. The van der Waals surface area contributed by atoms with Crippen LogP contribution in [0.25, 0.3) is 0 Å². The maximum Gasteiger partial charge on any atom is 0.309 e. The van der Waals surface area contributed by atoms with Crippen molar-refractivity contribution >= 4 is 12.3 Å². The van der Waals surface area contributed by atoms with Gasteiger partial charge in [0.15, 0.2) is 0 Å². The molecule has 0 radical (unpaired) electrons. The number of hydrogen-bond donors (Lipinski definition) is 0. The SMILES string of the molecule is CCC(C=O)CC(C)C(=O)OC(C)(C)C. The second-order valence-corrected chi connectivity index (χ2v) is 4.97. The van der Waals surface area contributed by atoms with E-state index in [1.807, 2.05) is 27.7 Å². The second kappa shape index (κ2) is 5.89. The summed E-state index contributed by atoms with van der Waals surface area (Å²) in [6.07, 6.45) is 2.27. The summed E-state index contributed by atoms with van der Waals surface area (Å²) >= 11 is 0. The molecule has 2 atom stereocenters. The van der Waals surface area contributed by atoms with Gasteiger partial charge in [-0.15, -0.1) is 0 Å². The van der Waals surface area contributed by atoms with Crippen LogP contribution in [-0.4, -0.2) is 17.9 Å². The highest BCUT2D eigenvalue weighted by Crippen LogP contribution is 2.18. The van der Waals surface area contributed by atoms with Crippen LogP contribution in [0.3, 0.4) is 0 Å². The van der Waals surface area contributed by atoms with Gasteiger partial charge in [0, 0.05) is 5.92 Å². The highest BCUT2D eigenvalue weighted by atomic mass is 16.6. The van der Waals surface area contributed by atoms with E-state index in [4.69, 9.17) is 4.74 Å². The molecule has 0 aromatic rings. The van der Waals surface area contributed by atoms with Crippen LogP contribution in [0.2, 0.25) is 0 Å². The van der Waals surface area contributed by atoms with Crippen LogP contribution in [0.1, 0.15) is 47.5 Å². The Hall–Kier alpha value is -0.860. The number of esters is 1. The fourth-order valence-corrected chi connectivity index (χ4v) is 1.27. The van der Waals surface area contributed by atoms with Crippen LogP contribution in [0, 0.1) is 11.8 Å². The number of ether oxygens (including phenoxy) is 1. The summed E-state index contributed by atoms with van der Waals surface area (Å²) in [5, 5.41) is 0. The Morgan fingerprint density at radius 1 is 1.40 bits per heavy atom. The highest BCUT2D eigenvalue weighted by molar-refractivity contribution is 5.73. The third-order valence-corrected chi connectivity index (χ3v) is 2.18. The first kappa shape index (κ1) is 14.1. The Morgan fingerprint density at radius 2 is 1.93 bits per heavy atom. The first-order valence-corrected chi connectivity index (χ1v) is 5.48.